The molecule has 0 bridgehead atoms. The fourth-order valence-corrected chi connectivity index (χ4v) is 4.36. The molecule has 0 aliphatic heterocycles. The standard InChI is InChI=1S/C17H25O2S/c1-14(13-20(2)16-11-7-4-8-12-16)17(18)19-15-9-5-3-6-10-15/h4,7-8,11-12,14-15H,3,5-6,9-10,13H2,1-2H3/q+1. The Balaban J connectivity index is 1.81. The second-order valence-electron chi connectivity index (χ2n) is 5.71. The van der Waals surface area contributed by atoms with E-state index in [1.165, 1.54) is 24.2 Å². The number of esters is 1. The molecule has 3 heteroatoms. The lowest BCUT2D eigenvalue weighted by Gasteiger charge is -2.23. The minimum atomic E-state index is -0.00883. The summed E-state index contributed by atoms with van der Waals surface area (Å²) in [4.78, 5) is 13.5. The third-order valence-corrected chi connectivity index (χ3v) is 5.96. The van der Waals surface area contributed by atoms with Crippen LogP contribution in [0.4, 0.5) is 0 Å². The zero-order chi connectivity index (χ0) is 14.4. The molecule has 1 aromatic carbocycles. The first-order valence-corrected chi connectivity index (χ1v) is 9.35. The van der Waals surface area contributed by atoms with Gasteiger partial charge in [0.1, 0.15) is 18.1 Å². The van der Waals surface area contributed by atoms with Crippen LogP contribution in [0.1, 0.15) is 39.0 Å². The third-order valence-electron chi connectivity index (χ3n) is 3.88. The zero-order valence-electron chi connectivity index (χ0n) is 12.5. The van der Waals surface area contributed by atoms with E-state index >= 15 is 0 Å². The fourth-order valence-electron chi connectivity index (χ4n) is 2.66. The van der Waals surface area contributed by atoms with Gasteiger partial charge in [0.2, 0.25) is 0 Å². The summed E-state index contributed by atoms with van der Waals surface area (Å²) in [5.41, 5.74) is 0. The van der Waals surface area contributed by atoms with Crippen molar-refractivity contribution in [1.82, 2.24) is 0 Å². The maximum atomic E-state index is 12.2. The van der Waals surface area contributed by atoms with Crippen LogP contribution in [0, 0.1) is 5.92 Å². The van der Waals surface area contributed by atoms with Gasteiger partial charge in [-0.25, -0.2) is 0 Å². The quantitative estimate of drug-likeness (QED) is 0.609. The molecule has 0 spiro atoms. The van der Waals surface area contributed by atoms with E-state index in [-0.39, 0.29) is 28.9 Å². The van der Waals surface area contributed by atoms with Crippen LogP contribution in [0.25, 0.3) is 0 Å². The lowest BCUT2D eigenvalue weighted by molar-refractivity contribution is -0.154. The topological polar surface area (TPSA) is 26.3 Å². The normalized spacial score (nSPS) is 19.3. The first kappa shape index (κ1) is 15.4. The molecule has 1 fully saturated rings. The summed E-state index contributed by atoms with van der Waals surface area (Å²) in [6.07, 6.45) is 8.18. The van der Waals surface area contributed by atoms with Gasteiger partial charge in [-0.15, -0.1) is 0 Å². The molecular weight excluding hydrogens is 268 g/mol. The summed E-state index contributed by atoms with van der Waals surface area (Å²) >= 11 is 0. The molecule has 1 aliphatic carbocycles. The highest BCUT2D eigenvalue weighted by atomic mass is 32.2. The largest absolute Gasteiger partial charge is 0.462 e. The van der Waals surface area contributed by atoms with Gasteiger partial charge in [-0.05, 0) is 44.7 Å². The molecular formula is C17H25O2S+. The molecule has 0 N–H and O–H groups in total. The van der Waals surface area contributed by atoms with Crippen molar-refractivity contribution in [3.05, 3.63) is 30.3 Å². The van der Waals surface area contributed by atoms with Gasteiger partial charge in [0.05, 0.1) is 5.92 Å². The van der Waals surface area contributed by atoms with E-state index < -0.39 is 0 Å². The number of ether oxygens (including phenoxy) is 1. The molecule has 2 atom stereocenters. The van der Waals surface area contributed by atoms with Gasteiger partial charge in [-0.2, -0.15) is 0 Å². The lowest BCUT2D eigenvalue weighted by atomic mass is 9.98. The van der Waals surface area contributed by atoms with Crippen molar-refractivity contribution in [2.75, 3.05) is 12.0 Å². The van der Waals surface area contributed by atoms with E-state index in [2.05, 4.69) is 30.5 Å². The Morgan fingerprint density at radius 2 is 1.90 bits per heavy atom. The van der Waals surface area contributed by atoms with Crippen LogP contribution in [0.2, 0.25) is 0 Å². The van der Waals surface area contributed by atoms with Gasteiger partial charge in [0, 0.05) is 10.9 Å². The Bertz CT molecular complexity index is 412. The second kappa shape index (κ2) is 7.72. The molecule has 0 saturated heterocycles. The highest BCUT2D eigenvalue weighted by Crippen LogP contribution is 2.22. The molecule has 2 nitrogen and oxygen atoms in total. The second-order valence-corrected chi connectivity index (χ2v) is 7.79. The average Bonchev–Trinajstić information content (AvgIpc) is 2.49. The predicted octanol–water partition coefficient (Wildman–Crippen LogP) is 3.81. The molecule has 2 rings (SSSR count). The summed E-state index contributed by atoms with van der Waals surface area (Å²) in [5.74, 6) is 0.868. The van der Waals surface area contributed by atoms with Gasteiger partial charge in [-0.3, -0.25) is 4.79 Å². The first-order valence-electron chi connectivity index (χ1n) is 7.55. The van der Waals surface area contributed by atoms with E-state index in [0.717, 1.165) is 18.6 Å². The SMILES string of the molecule is CC(C[S+](C)c1ccccc1)C(=O)OC1CCCCC1. The molecule has 1 saturated carbocycles. The van der Waals surface area contributed by atoms with Gasteiger partial charge < -0.3 is 4.74 Å². The molecule has 0 radical (unpaired) electrons. The van der Waals surface area contributed by atoms with Crippen LogP contribution in [0.5, 0.6) is 0 Å². The first-order chi connectivity index (χ1) is 9.66. The van der Waals surface area contributed by atoms with Crippen LogP contribution in [-0.2, 0) is 20.4 Å². The van der Waals surface area contributed by atoms with Crippen LogP contribution in [0.15, 0.2) is 35.2 Å². The Morgan fingerprint density at radius 1 is 1.25 bits per heavy atom. The molecule has 0 heterocycles. The van der Waals surface area contributed by atoms with E-state index in [0.29, 0.717) is 0 Å². The van der Waals surface area contributed by atoms with Crippen LogP contribution in [0.3, 0.4) is 0 Å². The summed E-state index contributed by atoms with van der Waals surface area (Å²) in [7, 11) is 0.109. The highest BCUT2D eigenvalue weighted by molar-refractivity contribution is 7.96. The minimum absolute atomic E-state index is 0.00724. The van der Waals surface area contributed by atoms with Gasteiger partial charge >= 0.3 is 5.97 Å². The lowest BCUT2D eigenvalue weighted by Crippen LogP contribution is -2.28. The summed E-state index contributed by atoms with van der Waals surface area (Å²) in [5, 5.41) is 0. The van der Waals surface area contributed by atoms with E-state index in [1.54, 1.807) is 0 Å². The van der Waals surface area contributed by atoms with E-state index in [9.17, 15) is 4.79 Å². The molecule has 0 amide bonds. The fraction of sp³-hybridized carbons (Fsp3) is 0.588. The summed E-state index contributed by atoms with van der Waals surface area (Å²) in [6, 6.07) is 10.4. The van der Waals surface area contributed by atoms with Crippen molar-refractivity contribution < 1.29 is 9.53 Å². The number of carbonyl (C=O) groups is 1. The number of hydrogen-bond acceptors (Lipinski definition) is 2. The van der Waals surface area contributed by atoms with Gasteiger partial charge in [0.15, 0.2) is 4.90 Å². The van der Waals surface area contributed by atoms with Crippen molar-refractivity contribution in [1.29, 1.82) is 0 Å². The Kier molecular flexibility index (Phi) is 5.96. The maximum absolute atomic E-state index is 12.2. The Morgan fingerprint density at radius 3 is 2.55 bits per heavy atom. The average molecular weight is 293 g/mol. The third kappa shape index (κ3) is 4.55. The molecule has 1 aliphatic rings. The van der Waals surface area contributed by atoms with Crippen LogP contribution >= 0.6 is 0 Å². The van der Waals surface area contributed by atoms with Crippen molar-refractivity contribution >= 4 is 16.9 Å². The molecule has 110 valence electrons. The van der Waals surface area contributed by atoms with Crippen LogP contribution in [-0.4, -0.2) is 24.1 Å². The van der Waals surface area contributed by atoms with Crippen molar-refractivity contribution in [3.63, 3.8) is 0 Å². The van der Waals surface area contributed by atoms with Crippen LogP contribution < -0.4 is 0 Å². The smallest absolute Gasteiger partial charge is 0.313 e. The van der Waals surface area contributed by atoms with Crippen molar-refractivity contribution in [2.45, 2.75) is 50.0 Å². The van der Waals surface area contributed by atoms with E-state index in [1.807, 2.05) is 13.0 Å². The minimum Gasteiger partial charge on any atom is -0.462 e. The molecule has 2 unspecified atom stereocenters. The Hall–Kier alpha value is -0.960. The van der Waals surface area contributed by atoms with E-state index in [4.69, 9.17) is 4.74 Å². The molecule has 0 aromatic heterocycles. The van der Waals surface area contributed by atoms with Crippen molar-refractivity contribution in [3.8, 4) is 0 Å². The number of rotatable bonds is 5. The summed E-state index contributed by atoms with van der Waals surface area (Å²) < 4.78 is 5.66. The highest BCUT2D eigenvalue weighted by Gasteiger charge is 2.27. The Labute approximate surface area is 125 Å². The van der Waals surface area contributed by atoms with Gasteiger partial charge in [0.25, 0.3) is 0 Å². The number of carbonyl (C=O) groups excluding carboxylic acids is 1. The molecule has 1 aromatic rings. The monoisotopic (exact) mass is 293 g/mol. The molecule has 20 heavy (non-hydrogen) atoms. The predicted molar refractivity (Wildman–Crippen MR) is 85.0 cm³/mol. The van der Waals surface area contributed by atoms with Crippen molar-refractivity contribution in [2.24, 2.45) is 5.92 Å². The maximum Gasteiger partial charge on any atom is 0.313 e. The summed E-state index contributed by atoms with van der Waals surface area (Å²) in [6.45, 7) is 2.00. The number of hydrogen-bond donors (Lipinski definition) is 0. The zero-order valence-corrected chi connectivity index (χ0v) is 13.3. The van der Waals surface area contributed by atoms with Gasteiger partial charge in [-0.1, -0.05) is 24.6 Å². The number of benzene rings is 1.